The molecule has 24 heavy (non-hydrogen) atoms. The van der Waals surface area contributed by atoms with Crippen molar-refractivity contribution in [2.75, 3.05) is 12.4 Å². The maximum Gasteiger partial charge on any atom is 0.290 e. The fraction of sp³-hybridized carbons (Fsp3) is 0.412. The summed E-state index contributed by atoms with van der Waals surface area (Å²) in [7, 11) is 1.71. The molecule has 2 aromatic rings. The number of benzene rings is 1. The second kappa shape index (κ2) is 8.26. The average molecular weight is 355 g/mol. The Morgan fingerprint density at radius 1 is 1.38 bits per heavy atom. The molecule has 0 aliphatic rings. The molecule has 0 bridgehead atoms. The highest BCUT2D eigenvalue weighted by atomic mass is 35.5. The zero-order valence-electron chi connectivity index (χ0n) is 14.4. The second-order valence-electron chi connectivity index (χ2n) is 5.99. The lowest BCUT2D eigenvalue weighted by molar-refractivity contribution is 0.465. The minimum atomic E-state index is -0.335. The Morgan fingerprint density at radius 3 is 2.58 bits per heavy atom. The number of hydrogen-bond acceptors (Lipinski definition) is 4. The lowest BCUT2D eigenvalue weighted by atomic mass is 10.0. The minimum Gasteiger partial charge on any atom is -0.383 e. The summed E-state index contributed by atoms with van der Waals surface area (Å²) in [6, 6.07) is 4.73. The van der Waals surface area contributed by atoms with Crippen LogP contribution in [0, 0.1) is 18.7 Å². The Hall–Kier alpha value is -1.92. The van der Waals surface area contributed by atoms with Crippen molar-refractivity contribution in [3.63, 3.8) is 0 Å². The van der Waals surface area contributed by atoms with E-state index < -0.39 is 0 Å². The van der Waals surface area contributed by atoms with Gasteiger partial charge in [-0.05, 0) is 31.0 Å². The molecule has 1 aromatic heterocycles. The maximum atomic E-state index is 13.7. The highest BCUT2D eigenvalue weighted by Gasteiger charge is 2.16. The largest absolute Gasteiger partial charge is 0.383 e. The smallest absolute Gasteiger partial charge is 0.290 e. The summed E-state index contributed by atoms with van der Waals surface area (Å²) in [5.74, 6) is -0.0495. The molecule has 1 heterocycles. The van der Waals surface area contributed by atoms with E-state index in [2.05, 4.69) is 10.4 Å². The molecule has 0 fully saturated rings. The van der Waals surface area contributed by atoms with Crippen molar-refractivity contribution in [3.8, 4) is 11.3 Å². The van der Waals surface area contributed by atoms with E-state index in [1.54, 1.807) is 19.2 Å². The van der Waals surface area contributed by atoms with Crippen LogP contribution >= 0.6 is 12.4 Å². The lowest BCUT2D eigenvalue weighted by Gasteiger charge is -2.16. The van der Waals surface area contributed by atoms with Gasteiger partial charge in [0, 0.05) is 36.8 Å². The number of nitrogens with zero attached hydrogens (tertiary/aromatic N) is 2. The van der Waals surface area contributed by atoms with Gasteiger partial charge in [-0.3, -0.25) is 4.79 Å². The van der Waals surface area contributed by atoms with E-state index in [1.807, 2.05) is 20.8 Å². The van der Waals surface area contributed by atoms with E-state index in [4.69, 9.17) is 5.73 Å². The van der Waals surface area contributed by atoms with Crippen LogP contribution in [0.25, 0.3) is 11.3 Å². The molecule has 0 spiro atoms. The van der Waals surface area contributed by atoms with Gasteiger partial charge in [0.1, 0.15) is 11.5 Å². The molecule has 2 rings (SSSR count). The third kappa shape index (κ3) is 3.94. The highest BCUT2D eigenvalue weighted by molar-refractivity contribution is 5.85. The maximum absolute atomic E-state index is 13.7. The van der Waals surface area contributed by atoms with Crippen molar-refractivity contribution in [2.24, 2.45) is 11.7 Å². The molecule has 0 aliphatic carbocycles. The molecule has 3 N–H and O–H groups in total. The first-order valence-corrected chi connectivity index (χ1v) is 7.67. The van der Waals surface area contributed by atoms with Gasteiger partial charge in [0.15, 0.2) is 0 Å². The van der Waals surface area contributed by atoms with Gasteiger partial charge in [0.25, 0.3) is 5.56 Å². The summed E-state index contributed by atoms with van der Waals surface area (Å²) in [6.07, 6.45) is 0. The van der Waals surface area contributed by atoms with E-state index in [1.165, 1.54) is 10.7 Å². The normalized spacial score (nSPS) is 10.6. The Morgan fingerprint density at radius 2 is 2.04 bits per heavy atom. The number of hydrogen-bond donors (Lipinski definition) is 2. The van der Waals surface area contributed by atoms with Gasteiger partial charge in [-0.1, -0.05) is 13.8 Å². The molecular formula is C17H24ClFN4O. The number of nitrogens with one attached hydrogen (secondary N) is 1. The minimum absolute atomic E-state index is 0. The number of halogens is 2. The van der Waals surface area contributed by atoms with Gasteiger partial charge < -0.3 is 11.1 Å². The van der Waals surface area contributed by atoms with Crippen LogP contribution in [0.2, 0.25) is 0 Å². The van der Waals surface area contributed by atoms with Crippen molar-refractivity contribution in [3.05, 3.63) is 45.5 Å². The van der Waals surface area contributed by atoms with Crippen LogP contribution in [0.15, 0.2) is 23.0 Å². The van der Waals surface area contributed by atoms with Crippen molar-refractivity contribution < 1.29 is 4.39 Å². The summed E-state index contributed by atoms with van der Waals surface area (Å²) < 4.78 is 15.1. The van der Waals surface area contributed by atoms with Gasteiger partial charge in [-0.2, -0.15) is 5.10 Å². The predicted octanol–water partition coefficient (Wildman–Crippen LogP) is 2.94. The molecule has 0 saturated carbocycles. The van der Waals surface area contributed by atoms with Crippen molar-refractivity contribution in [1.82, 2.24) is 9.78 Å². The van der Waals surface area contributed by atoms with Gasteiger partial charge in [0.05, 0.1) is 5.69 Å². The molecule has 1 aromatic carbocycles. The highest BCUT2D eigenvalue weighted by Crippen LogP contribution is 2.26. The number of anilines is 1. The van der Waals surface area contributed by atoms with Crippen LogP contribution in [0.5, 0.6) is 0 Å². The Labute approximate surface area is 147 Å². The third-order valence-electron chi connectivity index (χ3n) is 3.73. The molecule has 132 valence electrons. The van der Waals surface area contributed by atoms with Gasteiger partial charge in [-0.15, -0.1) is 12.4 Å². The zero-order valence-corrected chi connectivity index (χ0v) is 15.2. The van der Waals surface area contributed by atoms with Crippen LogP contribution < -0.4 is 16.6 Å². The van der Waals surface area contributed by atoms with Crippen LogP contribution in [0.3, 0.4) is 0 Å². The average Bonchev–Trinajstić information content (AvgIpc) is 2.51. The van der Waals surface area contributed by atoms with E-state index in [-0.39, 0.29) is 36.2 Å². The quantitative estimate of drug-likeness (QED) is 0.865. The fourth-order valence-electron chi connectivity index (χ4n) is 2.57. The number of aromatic nitrogens is 2. The third-order valence-corrected chi connectivity index (χ3v) is 3.73. The van der Waals surface area contributed by atoms with Crippen LogP contribution in [-0.4, -0.2) is 16.8 Å². The first-order chi connectivity index (χ1) is 10.9. The van der Waals surface area contributed by atoms with Crippen LogP contribution in [0.1, 0.15) is 25.0 Å². The topological polar surface area (TPSA) is 72.9 Å². The van der Waals surface area contributed by atoms with Crippen molar-refractivity contribution in [1.29, 1.82) is 0 Å². The molecular weight excluding hydrogens is 331 g/mol. The van der Waals surface area contributed by atoms with Gasteiger partial charge in [0.2, 0.25) is 0 Å². The summed E-state index contributed by atoms with van der Waals surface area (Å²) in [6.45, 7) is 6.52. The lowest BCUT2D eigenvalue weighted by Crippen LogP contribution is -2.28. The van der Waals surface area contributed by atoms with E-state index in [0.717, 1.165) is 11.1 Å². The fourth-order valence-corrected chi connectivity index (χ4v) is 2.57. The van der Waals surface area contributed by atoms with Crippen molar-refractivity contribution >= 4 is 18.1 Å². The Kier molecular flexibility index (Phi) is 6.93. The molecule has 0 saturated heterocycles. The summed E-state index contributed by atoms with van der Waals surface area (Å²) in [5, 5.41) is 7.45. The Balaban J connectivity index is 0.00000288. The first-order valence-electron chi connectivity index (χ1n) is 7.67. The molecule has 0 aliphatic heterocycles. The molecule has 0 unspecified atom stereocenters. The molecule has 0 atom stereocenters. The SMILES string of the molecule is CNc1c(C)c(-c2ccc(F)c(CN)c2)nn(CC(C)C)c1=O.Cl. The van der Waals surface area contributed by atoms with Gasteiger partial charge in [-0.25, -0.2) is 9.07 Å². The number of nitrogens with two attached hydrogens (primary N) is 1. The monoisotopic (exact) mass is 354 g/mol. The van der Waals surface area contributed by atoms with Crippen LogP contribution in [0.4, 0.5) is 10.1 Å². The Bertz CT molecular complexity index is 774. The first kappa shape index (κ1) is 20.1. The van der Waals surface area contributed by atoms with E-state index in [9.17, 15) is 9.18 Å². The van der Waals surface area contributed by atoms with Crippen LogP contribution in [-0.2, 0) is 13.1 Å². The summed E-state index contributed by atoms with van der Waals surface area (Å²) >= 11 is 0. The van der Waals surface area contributed by atoms with Gasteiger partial charge >= 0.3 is 0 Å². The van der Waals surface area contributed by atoms with E-state index >= 15 is 0 Å². The molecule has 0 radical (unpaired) electrons. The molecule has 7 heteroatoms. The molecule has 0 amide bonds. The molecule has 5 nitrogen and oxygen atoms in total. The number of rotatable bonds is 5. The second-order valence-corrected chi connectivity index (χ2v) is 5.99. The summed E-state index contributed by atoms with van der Waals surface area (Å²) in [4.78, 5) is 12.5. The van der Waals surface area contributed by atoms with E-state index in [0.29, 0.717) is 23.5 Å². The van der Waals surface area contributed by atoms with Crippen molar-refractivity contribution in [2.45, 2.75) is 33.9 Å². The zero-order chi connectivity index (χ0) is 17.1. The predicted molar refractivity (Wildman–Crippen MR) is 98.2 cm³/mol. The summed E-state index contributed by atoms with van der Waals surface area (Å²) in [5.41, 5.74) is 8.52. The standard InChI is InChI=1S/C17H23FN4O.ClH/c1-10(2)9-22-17(23)16(20-4)11(3)15(21-22)12-5-6-14(18)13(7-12)8-19;/h5-7,10,20H,8-9,19H2,1-4H3;1H.